The Morgan fingerprint density at radius 2 is 1.87 bits per heavy atom. The summed E-state index contributed by atoms with van der Waals surface area (Å²) in [6.07, 6.45) is 6.07. The number of aromatic nitrogens is 2. The molecule has 1 saturated heterocycles. The first-order valence-electron chi connectivity index (χ1n) is 9.82. The Labute approximate surface area is 179 Å². The Kier molecular flexibility index (Phi) is 7.54. The number of benzene rings is 1. The first kappa shape index (κ1) is 21.5. The summed E-state index contributed by atoms with van der Waals surface area (Å²) in [4.78, 5) is 36.2. The van der Waals surface area contributed by atoms with Crippen molar-refractivity contribution in [2.75, 3.05) is 23.3 Å². The molecule has 0 spiro atoms. The van der Waals surface area contributed by atoms with Crippen LogP contribution in [0.1, 0.15) is 41.0 Å². The Morgan fingerprint density at radius 1 is 1.17 bits per heavy atom. The van der Waals surface area contributed by atoms with Crippen LogP contribution in [0.25, 0.3) is 0 Å². The second-order valence-corrected chi connectivity index (χ2v) is 7.94. The number of carbonyl (C=O) groups is 1. The maximum Gasteiger partial charge on any atom is 0.373 e. The van der Waals surface area contributed by atoms with E-state index in [-0.39, 0.29) is 12.1 Å². The van der Waals surface area contributed by atoms with Gasteiger partial charge in [0.25, 0.3) is 5.91 Å². The van der Waals surface area contributed by atoms with Crippen molar-refractivity contribution in [1.82, 2.24) is 9.55 Å². The number of piperidine rings is 1. The number of amides is 1. The molecule has 2 aromatic heterocycles. The maximum atomic E-state index is 12.7. The zero-order valence-corrected chi connectivity index (χ0v) is 17.7. The highest BCUT2D eigenvalue weighted by atomic mass is 32.1. The fourth-order valence-corrected chi connectivity index (χ4v) is 4.34. The zero-order chi connectivity index (χ0) is 21.3. The van der Waals surface area contributed by atoms with Crippen LogP contribution in [0.15, 0.2) is 48.0 Å². The molecule has 1 aromatic carbocycles. The minimum Gasteiger partial charge on any atom is -0.348 e. The number of aryl methyl sites for hydroxylation is 1. The third-order valence-electron chi connectivity index (χ3n) is 4.80. The van der Waals surface area contributed by atoms with Crippen molar-refractivity contribution in [1.29, 1.82) is 0 Å². The smallest absolute Gasteiger partial charge is 0.348 e. The molecule has 156 valence electrons. The van der Waals surface area contributed by atoms with Crippen LogP contribution in [-0.2, 0) is 16.1 Å². The van der Waals surface area contributed by atoms with Crippen LogP contribution in [0.5, 0.6) is 0 Å². The third kappa shape index (κ3) is 5.65. The first-order chi connectivity index (χ1) is 14.6. The molecule has 1 aliphatic rings. The number of anilines is 2. The summed E-state index contributed by atoms with van der Waals surface area (Å²) in [5.41, 5.74) is 3.53. The molecule has 0 unspecified atom stereocenters. The van der Waals surface area contributed by atoms with Crippen molar-refractivity contribution >= 4 is 34.2 Å². The van der Waals surface area contributed by atoms with Gasteiger partial charge in [0.1, 0.15) is 5.69 Å². The Balaban J connectivity index is 0.000000806. The van der Waals surface area contributed by atoms with E-state index in [2.05, 4.69) is 15.6 Å². The van der Waals surface area contributed by atoms with E-state index in [9.17, 15) is 4.79 Å². The second kappa shape index (κ2) is 10.5. The molecule has 0 saturated carbocycles. The van der Waals surface area contributed by atoms with Gasteiger partial charge in [-0.3, -0.25) is 4.79 Å². The van der Waals surface area contributed by atoms with Gasteiger partial charge in [0, 0.05) is 30.4 Å². The molecular formula is C22H24N4O3S. The lowest BCUT2D eigenvalue weighted by Crippen LogP contribution is -2.29. The van der Waals surface area contributed by atoms with Crippen molar-refractivity contribution in [3.05, 3.63) is 64.9 Å². The quantitative estimate of drug-likeness (QED) is 0.670. The van der Waals surface area contributed by atoms with E-state index in [0.717, 1.165) is 35.2 Å². The molecule has 4 rings (SSSR count). The fraction of sp³-hybridized carbons (Fsp3) is 0.318. The highest BCUT2D eigenvalue weighted by Crippen LogP contribution is 2.25. The molecule has 1 N–H and O–H groups in total. The van der Waals surface area contributed by atoms with E-state index in [4.69, 9.17) is 14.6 Å². The molecule has 3 aromatic rings. The topological polar surface area (TPSA) is 84.3 Å². The zero-order valence-electron chi connectivity index (χ0n) is 16.8. The highest BCUT2D eigenvalue weighted by Gasteiger charge is 2.17. The predicted molar refractivity (Wildman–Crippen MR) is 116 cm³/mol. The minimum absolute atomic E-state index is 0.0965. The number of thiazole rings is 1. The predicted octanol–water partition coefficient (Wildman–Crippen LogP) is 3.96. The molecule has 7 nitrogen and oxygen atoms in total. The van der Waals surface area contributed by atoms with Crippen LogP contribution >= 0.6 is 11.3 Å². The number of nitrogens with one attached hydrogen (secondary N) is 1. The van der Waals surface area contributed by atoms with Crippen molar-refractivity contribution in [3.8, 4) is 0 Å². The molecule has 0 atom stereocenters. The lowest BCUT2D eigenvalue weighted by molar-refractivity contribution is -0.191. The van der Waals surface area contributed by atoms with Gasteiger partial charge in [0.05, 0.1) is 12.2 Å². The average molecular weight is 425 g/mol. The van der Waals surface area contributed by atoms with Crippen molar-refractivity contribution in [2.45, 2.75) is 32.7 Å². The second-order valence-electron chi connectivity index (χ2n) is 7.10. The maximum absolute atomic E-state index is 12.7. The van der Waals surface area contributed by atoms with Gasteiger partial charge < -0.3 is 14.8 Å². The molecule has 1 fully saturated rings. The SMILES string of the molecule is Cc1cc(C(=O)Nc2ccccc2)n(Cc2csc(N3CCCCC3)n2)c1.O=C=O. The van der Waals surface area contributed by atoms with E-state index in [1.54, 1.807) is 11.3 Å². The molecule has 0 bridgehead atoms. The average Bonchev–Trinajstić information content (AvgIpc) is 3.37. The molecule has 0 radical (unpaired) electrons. The summed E-state index contributed by atoms with van der Waals surface area (Å²) < 4.78 is 1.99. The van der Waals surface area contributed by atoms with Crippen molar-refractivity contribution in [3.63, 3.8) is 0 Å². The largest absolute Gasteiger partial charge is 0.373 e. The van der Waals surface area contributed by atoms with Gasteiger partial charge in [-0.15, -0.1) is 11.3 Å². The number of hydrogen-bond donors (Lipinski definition) is 1. The van der Waals surface area contributed by atoms with Gasteiger partial charge in [-0.1, -0.05) is 18.2 Å². The van der Waals surface area contributed by atoms with E-state index in [1.807, 2.05) is 54.1 Å². The summed E-state index contributed by atoms with van der Waals surface area (Å²) in [5.74, 6) is -0.0965. The van der Waals surface area contributed by atoms with Gasteiger partial charge in [-0.2, -0.15) is 9.59 Å². The van der Waals surface area contributed by atoms with Gasteiger partial charge in [0.15, 0.2) is 5.13 Å². The van der Waals surface area contributed by atoms with E-state index in [0.29, 0.717) is 12.2 Å². The Bertz CT molecular complexity index is 1000. The molecular weight excluding hydrogens is 400 g/mol. The molecule has 1 amide bonds. The van der Waals surface area contributed by atoms with Crippen molar-refractivity contribution in [2.24, 2.45) is 0 Å². The third-order valence-corrected chi connectivity index (χ3v) is 5.75. The van der Waals surface area contributed by atoms with Crippen LogP contribution in [0, 0.1) is 6.92 Å². The number of carbonyl (C=O) groups excluding carboxylic acids is 3. The first-order valence-corrected chi connectivity index (χ1v) is 10.7. The molecule has 0 aliphatic carbocycles. The van der Waals surface area contributed by atoms with Gasteiger partial charge in [-0.25, -0.2) is 4.98 Å². The summed E-state index contributed by atoms with van der Waals surface area (Å²) in [6, 6.07) is 11.5. The van der Waals surface area contributed by atoms with E-state index >= 15 is 0 Å². The number of hydrogen-bond acceptors (Lipinski definition) is 6. The molecule has 30 heavy (non-hydrogen) atoms. The summed E-state index contributed by atoms with van der Waals surface area (Å²) >= 11 is 1.70. The number of nitrogens with zero attached hydrogens (tertiary/aromatic N) is 3. The summed E-state index contributed by atoms with van der Waals surface area (Å²) in [5, 5.41) is 6.18. The summed E-state index contributed by atoms with van der Waals surface area (Å²) in [6.45, 7) is 4.81. The van der Waals surface area contributed by atoms with Crippen LogP contribution < -0.4 is 10.2 Å². The van der Waals surface area contributed by atoms with Crippen molar-refractivity contribution < 1.29 is 14.4 Å². The fourth-order valence-electron chi connectivity index (χ4n) is 3.47. The monoisotopic (exact) mass is 424 g/mol. The standard InChI is InChI=1S/C21H24N4OS.CO2/c1-16-12-19(20(26)22-17-8-4-2-5-9-17)25(13-16)14-18-15-27-21(23-18)24-10-6-3-7-11-24;2-1-3/h2,4-5,8-9,12-13,15H,3,6-7,10-11,14H2,1H3,(H,22,26);. The van der Waals surface area contributed by atoms with Gasteiger partial charge in [0.2, 0.25) is 0 Å². The summed E-state index contributed by atoms with van der Waals surface area (Å²) in [7, 11) is 0. The van der Waals surface area contributed by atoms with Crippen LogP contribution in [0.3, 0.4) is 0 Å². The Hall–Kier alpha value is -3.22. The minimum atomic E-state index is -0.0965. The van der Waals surface area contributed by atoms with Gasteiger partial charge in [-0.05, 0) is 49.9 Å². The van der Waals surface area contributed by atoms with Gasteiger partial charge >= 0.3 is 6.15 Å². The molecule has 1 aliphatic heterocycles. The molecule has 8 heteroatoms. The van der Waals surface area contributed by atoms with E-state index < -0.39 is 0 Å². The highest BCUT2D eigenvalue weighted by molar-refractivity contribution is 7.13. The van der Waals surface area contributed by atoms with E-state index in [1.165, 1.54) is 19.3 Å². The van der Waals surface area contributed by atoms with Crippen LogP contribution in [0.4, 0.5) is 10.8 Å². The lowest BCUT2D eigenvalue weighted by Gasteiger charge is -2.25. The Morgan fingerprint density at radius 3 is 2.57 bits per heavy atom. The van der Waals surface area contributed by atoms with Crippen LogP contribution in [0.2, 0.25) is 0 Å². The lowest BCUT2D eigenvalue weighted by atomic mass is 10.1. The number of para-hydroxylation sites is 1. The normalized spacial score (nSPS) is 13.2. The van der Waals surface area contributed by atoms with Crippen LogP contribution in [-0.4, -0.2) is 34.7 Å². The number of rotatable bonds is 5. The molecule has 3 heterocycles.